The number of rotatable bonds is 7. The summed E-state index contributed by atoms with van der Waals surface area (Å²) in [6.45, 7) is 0.908. The van der Waals surface area contributed by atoms with E-state index in [0.717, 1.165) is 5.56 Å². The molecule has 22 heavy (non-hydrogen) atoms. The number of carbonyl (C=O) groups is 1. The molecule has 1 aromatic carbocycles. The predicted octanol–water partition coefficient (Wildman–Crippen LogP) is 1.23. The fourth-order valence-electron chi connectivity index (χ4n) is 2.18. The van der Waals surface area contributed by atoms with Gasteiger partial charge in [-0.3, -0.25) is 9.48 Å². The van der Waals surface area contributed by atoms with Gasteiger partial charge in [0.2, 0.25) is 5.91 Å². The van der Waals surface area contributed by atoms with Crippen LogP contribution >= 0.6 is 0 Å². The smallest absolute Gasteiger partial charge is 0.221 e. The molecule has 0 aliphatic heterocycles. The number of halogens is 1. The molecule has 2 rings (SSSR count). The van der Waals surface area contributed by atoms with Crippen LogP contribution in [0.3, 0.4) is 0 Å². The first kappa shape index (κ1) is 16.1. The molecule has 0 saturated heterocycles. The molecule has 0 spiro atoms. The average molecular weight is 305 g/mol. The van der Waals surface area contributed by atoms with Crippen LogP contribution in [-0.2, 0) is 11.3 Å². The van der Waals surface area contributed by atoms with Crippen LogP contribution < -0.4 is 5.32 Å². The van der Waals surface area contributed by atoms with E-state index < -0.39 is 0 Å². The molecular weight excluding hydrogens is 285 g/mol. The van der Waals surface area contributed by atoms with Gasteiger partial charge in [-0.2, -0.15) is 5.10 Å². The molecule has 0 unspecified atom stereocenters. The predicted molar refractivity (Wildman–Crippen MR) is 80.5 cm³/mol. The minimum Gasteiger partial charge on any atom is -0.354 e. The van der Waals surface area contributed by atoms with E-state index in [1.807, 2.05) is 25.1 Å². The molecule has 1 amide bonds. The summed E-state index contributed by atoms with van der Waals surface area (Å²) < 4.78 is 15.0. The van der Waals surface area contributed by atoms with Crippen LogP contribution in [0.15, 0.2) is 36.9 Å². The summed E-state index contributed by atoms with van der Waals surface area (Å²) in [5.74, 6) is -0.347. The van der Waals surface area contributed by atoms with Gasteiger partial charge in [0.25, 0.3) is 0 Å². The van der Waals surface area contributed by atoms with E-state index in [2.05, 4.69) is 15.4 Å². The van der Waals surface area contributed by atoms with Crippen LogP contribution in [0.4, 0.5) is 4.39 Å². The first-order chi connectivity index (χ1) is 10.6. The Bertz CT molecular complexity index is 600. The lowest BCUT2D eigenvalue weighted by Crippen LogP contribution is -2.35. The van der Waals surface area contributed by atoms with E-state index in [4.69, 9.17) is 0 Å². The van der Waals surface area contributed by atoms with Crippen molar-refractivity contribution in [1.82, 2.24) is 25.0 Å². The number of carbonyl (C=O) groups excluding carboxylic acids is 1. The minimum atomic E-state index is -0.276. The zero-order valence-corrected chi connectivity index (χ0v) is 12.7. The molecule has 0 saturated carbocycles. The summed E-state index contributed by atoms with van der Waals surface area (Å²) in [7, 11) is 3.80. The third kappa shape index (κ3) is 4.63. The number of amides is 1. The van der Waals surface area contributed by atoms with E-state index in [0.29, 0.717) is 19.5 Å². The van der Waals surface area contributed by atoms with Crippen molar-refractivity contribution in [3.8, 4) is 0 Å². The van der Waals surface area contributed by atoms with Crippen molar-refractivity contribution in [3.05, 3.63) is 48.3 Å². The first-order valence-electron chi connectivity index (χ1n) is 7.07. The lowest BCUT2D eigenvalue weighted by molar-refractivity contribution is -0.121. The quantitative estimate of drug-likeness (QED) is 0.835. The Kier molecular flexibility index (Phi) is 5.60. The highest BCUT2D eigenvalue weighted by Crippen LogP contribution is 2.18. The van der Waals surface area contributed by atoms with Gasteiger partial charge in [0.1, 0.15) is 18.5 Å². The zero-order valence-electron chi connectivity index (χ0n) is 12.7. The van der Waals surface area contributed by atoms with Crippen molar-refractivity contribution >= 4 is 5.91 Å². The molecule has 2 aromatic rings. The maximum absolute atomic E-state index is 13.3. The van der Waals surface area contributed by atoms with Crippen molar-refractivity contribution < 1.29 is 9.18 Å². The van der Waals surface area contributed by atoms with Crippen LogP contribution in [0.5, 0.6) is 0 Å². The monoisotopic (exact) mass is 305 g/mol. The van der Waals surface area contributed by atoms with Crippen LogP contribution in [0.2, 0.25) is 0 Å². The molecule has 6 nitrogen and oxygen atoms in total. The standard InChI is InChI=1S/C15H20FN5O/c1-20(2)14(12-4-3-5-13(16)8-12)9-18-15(22)6-7-21-11-17-10-19-21/h3-5,8,10-11,14H,6-7,9H2,1-2H3,(H,18,22)/t14-/m0/s1. The van der Waals surface area contributed by atoms with Crippen LogP contribution in [0.25, 0.3) is 0 Å². The van der Waals surface area contributed by atoms with Gasteiger partial charge >= 0.3 is 0 Å². The average Bonchev–Trinajstić information content (AvgIpc) is 2.98. The Balaban J connectivity index is 1.87. The first-order valence-corrected chi connectivity index (χ1v) is 7.07. The van der Waals surface area contributed by atoms with Crippen molar-refractivity contribution in [2.75, 3.05) is 20.6 Å². The van der Waals surface area contributed by atoms with Gasteiger partial charge in [0, 0.05) is 13.0 Å². The molecule has 0 fully saturated rings. The molecular formula is C15H20FN5O. The van der Waals surface area contributed by atoms with Gasteiger partial charge in [-0.15, -0.1) is 0 Å². The van der Waals surface area contributed by atoms with Gasteiger partial charge in [-0.05, 0) is 31.8 Å². The number of nitrogens with zero attached hydrogens (tertiary/aromatic N) is 4. The minimum absolute atomic E-state index is 0.0706. The topological polar surface area (TPSA) is 63.1 Å². The van der Waals surface area contributed by atoms with E-state index in [9.17, 15) is 9.18 Å². The fourth-order valence-corrected chi connectivity index (χ4v) is 2.18. The second-order valence-electron chi connectivity index (χ2n) is 5.25. The highest BCUT2D eigenvalue weighted by molar-refractivity contribution is 5.75. The number of benzene rings is 1. The molecule has 0 radical (unpaired) electrons. The largest absolute Gasteiger partial charge is 0.354 e. The van der Waals surface area contributed by atoms with Crippen LogP contribution in [-0.4, -0.2) is 46.2 Å². The second-order valence-corrected chi connectivity index (χ2v) is 5.25. The number of hydrogen-bond donors (Lipinski definition) is 1. The van der Waals surface area contributed by atoms with Gasteiger partial charge in [-0.1, -0.05) is 12.1 Å². The zero-order chi connectivity index (χ0) is 15.9. The Morgan fingerprint density at radius 3 is 2.91 bits per heavy atom. The van der Waals surface area contributed by atoms with Crippen molar-refractivity contribution in [1.29, 1.82) is 0 Å². The van der Waals surface area contributed by atoms with Crippen molar-refractivity contribution in [2.45, 2.75) is 19.0 Å². The van der Waals surface area contributed by atoms with Crippen molar-refractivity contribution in [3.63, 3.8) is 0 Å². The summed E-state index contributed by atoms with van der Waals surface area (Å²) >= 11 is 0. The third-order valence-electron chi connectivity index (χ3n) is 3.38. The Morgan fingerprint density at radius 2 is 2.27 bits per heavy atom. The number of hydrogen-bond acceptors (Lipinski definition) is 4. The highest BCUT2D eigenvalue weighted by atomic mass is 19.1. The van der Waals surface area contributed by atoms with Gasteiger partial charge < -0.3 is 10.2 Å². The summed E-state index contributed by atoms with van der Waals surface area (Å²) in [6, 6.07) is 6.35. The van der Waals surface area contributed by atoms with E-state index in [-0.39, 0.29) is 17.8 Å². The molecule has 1 atom stereocenters. The second kappa shape index (κ2) is 7.65. The number of aromatic nitrogens is 3. The lowest BCUT2D eigenvalue weighted by atomic mass is 10.1. The number of aryl methyl sites for hydroxylation is 1. The Labute approximate surface area is 129 Å². The lowest BCUT2D eigenvalue weighted by Gasteiger charge is -2.25. The maximum Gasteiger partial charge on any atom is 0.221 e. The van der Waals surface area contributed by atoms with E-state index in [1.165, 1.54) is 18.5 Å². The highest BCUT2D eigenvalue weighted by Gasteiger charge is 2.15. The molecule has 0 bridgehead atoms. The molecule has 1 heterocycles. The molecule has 0 aliphatic carbocycles. The number of nitrogens with one attached hydrogen (secondary N) is 1. The van der Waals surface area contributed by atoms with E-state index >= 15 is 0 Å². The van der Waals surface area contributed by atoms with Crippen molar-refractivity contribution in [2.24, 2.45) is 0 Å². The van der Waals surface area contributed by atoms with Crippen LogP contribution in [0.1, 0.15) is 18.0 Å². The SMILES string of the molecule is CN(C)[C@@H](CNC(=O)CCn1cncn1)c1cccc(F)c1. The summed E-state index contributed by atoms with van der Waals surface area (Å²) in [5.41, 5.74) is 0.835. The van der Waals surface area contributed by atoms with Gasteiger partial charge in [0.05, 0.1) is 12.6 Å². The van der Waals surface area contributed by atoms with Gasteiger partial charge in [0.15, 0.2) is 0 Å². The Morgan fingerprint density at radius 1 is 1.45 bits per heavy atom. The normalized spacial score (nSPS) is 12.4. The molecule has 1 aromatic heterocycles. The molecule has 1 N–H and O–H groups in total. The maximum atomic E-state index is 13.3. The summed E-state index contributed by atoms with van der Waals surface area (Å²) in [6.07, 6.45) is 3.33. The molecule has 0 aliphatic rings. The summed E-state index contributed by atoms with van der Waals surface area (Å²) in [5, 5.41) is 6.82. The molecule has 118 valence electrons. The van der Waals surface area contributed by atoms with Gasteiger partial charge in [-0.25, -0.2) is 9.37 Å². The van der Waals surface area contributed by atoms with E-state index in [1.54, 1.807) is 17.1 Å². The fraction of sp³-hybridized carbons (Fsp3) is 0.400. The third-order valence-corrected chi connectivity index (χ3v) is 3.38. The Hall–Kier alpha value is -2.28. The molecule has 7 heteroatoms. The summed E-state index contributed by atoms with van der Waals surface area (Å²) in [4.78, 5) is 17.7. The number of likely N-dealkylation sites (N-methyl/N-ethyl adjacent to an activating group) is 1. The van der Waals surface area contributed by atoms with Crippen LogP contribution in [0, 0.1) is 5.82 Å².